The molecule has 0 spiro atoms. The Bertz CT molecular complexity index is 553. The van der Waals surface area contributed by atoms with Gasteiger partial charge in [0, 0.05) is 13.1 Å². The number of carbonyl (C=O) groups excluding carboxylic acids is 2. The molecule has 1 aliphatic heterocycles. The van der Waals surface area contributed by atoms with E-state index in [0.29, 0.717) is 24.6 Å². The highest BCUT2D eigenvalue weighted by atomic mass is 16.5. The second-order valence-corrected chi connectivity index (χ2v) is 5.31. The number of rotatable bonds is 4. The van der Waals surface area contributed by atoms with Crippen LogP contribution in [-0.4, -0.2) is 44.0 Å². The number of hydrogen-bond donors (Lipinski definition) is 1. The third-order valence-corrected chi connectivity index (χ3v) is 3.84. The van der Waals surface area contributed by atoms with Crippen molar-refractivity contribution in [2.24, 2.45) is 0 Å². The van der Waals surface area contributed by atoms with Crippen LogP contribution >= 0.6 is 0 Å². The van der Waals surface area contributed by atoms with E-state index >= 15 is 0 Å². The van der Waals surface area contributed by atoms with Crippen LogP contribution in [0.1, 0.15) is 31.4 Å². The fourth-order valence-electron chi connectivity index (χ4n) is 2.53. The van der Waals surface area contributed by atoms with Crippen molar-refractivity contribution >= 4 is 11.8 Å². The summed E-state index contributed by atoms with van der Waals surface area (Å²) in [5.74, 6) is 0.193. The highest BCUT2D eigenvalue weighted by Crippen LogP contribution is 2.29. The van der Waals surface area contributed by atoms with Crippen molar-refractivity contribution < 1.29 is 19.1 Å². The molecule has 0 radical (unpaired) electrons. The van der Waals surface area contributed by atoms with Crippen LogP contribution in [0.25, 0.3) is 0 Å². The summed E-state index contributed by atoms with van der Waals surface area (Å²) in [5, 5.41) is 2.74. The predicted octanol–water partition coefficient (Wildman–Crippen LogP) is 1.50. The lowest BCUT2D eigenvalue weighted by Gasteiger charge is -2.19. The summed E-state index contributed by atoms with van der Waals surface area (Å²) in [6.45, 7) is 3.16. The minimum atomic E-state index is -0.566. The van der Waals surface area contributed by atoms with E-state index in [-0.39, 0.29) is 6.04 Å². The predicted molar refractivity (Wildman–Crippen MR) is 81.9 cm³/mol. The molecule has 0 aliphatic carbocycles. The number of methoxy groups -OCH3 is 2. The van der Waals surface area contributed by atoms with E-state index in [9.17, 15) is 9.59 Å². The molecular weight excluding hydrogens is 284 g/mol. The second-order valence-electron chi connectivity index (χ2n) is 5.31. The number of ether oxygens (including phenoxy) is 2. The zero-order chi connectivity index (χ0) is 16.1. The number of likely N-dealkylation sites (tertiary alicyclic amines) is 1. The van der Waals surface area contributed by atoms with Gasteiger partial charge >= 0.3 is 11.8 Å². The maximum Gasteiger partial charge on any atom is 0.311 e. The largest absolute Gasteiger partial charge is 0.493 e. The van der Waals surface area contributed by atoms with Crippen molar-refractivity contribution in [3.05, 3.63) is 23.8 Å². The van der Waals surface area contributed by atoms with Gasteiger partial charge in [-0.3, -0.25) is 9.59 Å². The van der Waals surface area contributed by atoms with Gasteiger partial charge in [0.25, 0.3) is 0 Å². The van der Waals surface area contributed by atoms with Crippen LogP contribution in [0.3, 0.4) is 0 Å². The van der Waals surface area contributed by atoms with Crippen molar-refractivity contribution in [2.45, 2.75) is 25.8 Å². The highest BCUT2D eigenvalue weighted by molar-refractivity contribution is 6.35. The van der Waals surface area contributed by atoms with Crippen LogP contribution in [0.4, 0.5) is 0 Å². The summed E-state index contributed by atoms with van der Waals surface area (Å²) in [7, 11) is 3.12. The summed E-state index contributed by atoms with van der Waals surface area (Å²) in [6, 6.07) is 5.12. The van der Waals surface area contributed by atoms with Gasteiger partial charge in [0.2, 0.25) is 0 Å². The Hall–Kier alpha value is -2.24. The molecule has 1 atom stereocenters. The monoisotopic (exact) mass is 306 g/mol. The minimum absolute atomic E-state index is 0.293. The fraction of sp³-hybridized carbons (Fsp3) is 0.500. The molecule has 1 heterocycles. The molecule has 1 saturated heterocycles. The molecule has 22 heavy (non-hydrogen) atoms. The van der Waals surface area contributed by atoms with Gasteiger partial charge in [0.05, 0.1) is 20.3 Å². The summed E-state index contributed by atoms with van der Waals surface area (Å²) < 4.78 is 10.4. The molecule has 1 N–H and O–H groups in total. The molecule has 0 aromatic heterocycles. The van der Waals surface area contributed by atoms with Gasteiger partial charge in [-0.05, 0) is 37.5 Å². The number of carbonyl (C=O) groups is 2. The zero-order valence-corrected chi connectivity index (χ0v) is 13.2. The number of nitrogens with zero attached hydrogens (tertiary/aromatic N) is 1. The summed E-state index contributed by atoms with van der Waals surface area (Å²) in [6.07, 6.45) is 1.93. The highest BCUT2D eigenvalue weighted by Gasteiger charge is 2.25. The second kappa shape index (κ2) is 7.15. The van der Waals surface area contributed by atoms with Gasteiger partial charge in [-0.2, -0.15) is 0 Å². The van der Waals surface area contributed by atoms with Crippen molar-refractivity contribution in [1.29, 1.82) is 0 Å². The third kappa shape index (κ3) is 3.50. The lowest BCUT2D eigenvalue weighted by Crippen LogP contribution is -2.42. The molecule has 6 nitrogen and oxygen atoms in total. The van der Waals surface area contributed by atoms with E-state index in [0.717, 1.165) is 18.4 Å². The molecule has 6 heteroatoms. The molecule has 1 fully saturated rings. The Morgan fingerprint density at radius 3 is 2.36 bits per heavy atom. The van der Waals surface area contributed by atoms with Crippen LogP contribution in [0, 0.1) is 0 Å². The Labute approximate surface area is 130 Å². The Morgan fingerprint density at radius 1 is 1.14 bits per heavy atom. The molecule has 0 bridgehead atoms. The summed E-state index contributed by atoms with van der Waals surface area (Å²) in [5.41, 5.74) is 0.847. The van der Waals surface area contributed by atoms with Crippen LogP contribution in [0.5, 0.6) is 11.5 Å². The summed E-state index contributed by atoms with van der Waals surface area (Å²) in [4.78, 5) is 25.6. The van der Waals surface area contributed by atoms with Gasteiger partial charge in [-0.15, -0.1) is 0 Å². The zero-order valence-electron chi connectivity index (χ0n) is 13.2. The van der Waals surface area contributed by atoms with Gasteiger partial charge in [0.1, 0.15) is 0 Å². The third-order valence-electron chi connectivity index (χ3n) is 3.84. The SMILES string of the molecule is COc1ccc(C(C)NC(=O)C(=O)N2CCCC2)cc1OC. The minimum Gasteiger partial charge on any atom is -0.493 e. The van der Waals surface area contributed by atoms with Crippen LogP contribution in [0.15, 0.2) is 18.2 Å². The number of amides is 2. The molecule has 1 aliphatic rings. The molecule has 1 aromatic rings. The molecule has 120 valence electrons. The van der Waals surface area contributed by atoms with Gasteiger partial charge < -0.3 is 19.7 Å². The van der Waals surface area contributed by atoms with Crippen LogP contribution in [-0.2, 0) is 9.59 Å². The fourth-order valence-corrected chi connectivity index (χ4v) is 2.53. The lowest BCUT2D eigenvalue weighted by atomic mass is 10.1. The maximum absolute atomic E-state index is 12.0. The van der Waals surface area contributed by atoms with E-state index in [1.165, 1.54) is 0 Å². The molecule has 2 rings (SSSR count). The Morgan fingerprint density at radius 2 is 1.77 bits per heavy atom. The normalized spacial score (nSPS) is 15.3. The lowest BCUT2D eigenvalue weighted by molar-refractivity contribution is -0.145. The van der Waals surface area contributed by atoms with Crippen molar-refractivity contribution in [3.63, 3.8) is 0 Å². The summed E-state index contributed by atoms with van der Waals surface area (Å²) >= 11 is 0. The van der Waals surface area contributed by atoms with E-state index < -0.39 is 11.8 Å². The molecule has 2 amide bonds. The van der Waals surface area contributed by atoms with Crippen LogP contribution in [0.2, 0.25) is 0 Å². The average molecular weight is 306 g/mol. The maximum atomic E-state index is 12.0. The van der Waals surface area contributed by atoms with Crippen LogP contribution < -0.4 is 14.8 Å². The van der Waals surface area contributed by atoms with E-state index in [4.69, 9.17) is 9.47 Å². The number of benzene rings is 1. The molecule has 0 saturated carbocycles. The standard InChI is InChI=1S/C16H22N2O4/c1-11(12-6-7-13(21-2)14(10-12)22-3)17-15(19)16(20)18-8-4-5-9-18/h6-7,10-11H,4-5,8-9H2,1-3H3,(H,17,19). The van der Waals surface area contributed by atoms with E-state index in [1.807, 2.05) is 13.0 Å². The first-order valence-corrected chi connectivity index (χ1v) is 7.38. The van der Waals surface area contributed by atoms with Crippen molar-refractivity contribution in [3.8, 4) is 11.5 Å². The number of hydrogen-bond acceptors (Lipinski definition) is 4. The average Bonchev–Trinajstić information content (AvgIpc) is 3.07. The first kappa shape index (κ1) is 16.1. The van der Waals surface area contributed by atoms with Gasteiger partial charge in [-0.1, -0.05) is 6.07 Å². The van der Waals surface area contributed by atoms with E-state index in [2.05, 4.69) is 5.32 Å². The van der Waals surface area contributed by atoms with Crippen molar-refractivity contribution in [1.82, 2.24) is 10.2 Å². The van der Waals surface area contributed by atoms with Gasteiger partial charge in [-0.25, -0.2) is 0 Å². The molecule has 1 unspecified atom stereocenters. The van der Waals surface area contributed by atoms with Crippen molar-refractivity contribution in [2.75, 3.05) is 27.3 Å². The Kier molecular flexibility index (Phi) is 5.25. The first-order chi connectivity index (χ1) is 10.6. The van der Waals surface area contributed by atoms with Gasteiger partial charge in [0.15, 0.2) is 11.5 Å². The molecule has 1 aromatic carbocycles. The smallest absolute Gasteiger partial charge is 0.311 e. The van der Waals surface area contributed by atoms with E-state index in [1.54, 1.807) is 31.3 Å². The topological polar surface area (TPSA) is 67.9 Å². The molecular formula is C16H22N2O4. The number of nitrogens with one attached hydrogen (secondary N) is 1. The Balaban J connectivity index is 2.03. The first-order valence-electron chi connectivity index (χ1n) is 7.38. The quantitative estimate of drug-likeness (QED) is 0.856.